The molecule has 1 aliphatic heterocycles. The summed E-state index contributed by atoms with van der Waals surface area (Å²) in [6.45, 7) is 3.88. The van der Waals surface area contributed by atoms with Gasteiger partial charge >= 0.3 is 0 Å². The van der Waals surface area contributed by atoms with Gasteiger partial charge < -0.3 is 4.42 Å². The van der Waals surface area contributed by atoms with Crippen LogP contribution in [0.5, 0.6) is 0 Å². The molecule has 1 aliphatic rings. The van der Waals surface area contributed by atoms with Gasteiger partial charge in [0.15, 0.2) is 5.11 Å². The number of aryl methyl sites for hydroxylation is 2. The summed E-state index contributed by atoms with van der Waals surface area (Å²) in [6, 6.07) is 9.23. The standard InChI is InChI=1S/C19H16N2O3S/c1-12-9-13(2)11-14(10-12)21-18(23)16(17(22)20-19(21)25)7-3-5-15-6-4-8-24-15/h3-11H,1-2H3,(H,20,22,25)/b5-3+,16-7+. The third kappa shape index (κ3) is 3.59. The van der Waals surface area contributed by atoms with E-state index in [9.17, 15) is 9.59 Å². The van der Waals surface area contributed by atoms with Crippen molar-refractivity contribution in [1.29, 1.82) is 0 Å². The van der Waals surface area contributed by atoms with Crippen LogP contribution in [-0.2, 0) is 9.59 Å². The lowest BCUT2D eigenvalue weighted by atomic mass is 10.1. The van der Waals surface area contributed by atoms with Crippen molar-refractivity contribution in [2.45, 2.75) is 13.8 Å². The van der Waals surface area contributed by atoms with Crippen molar-refractivity contribution >= 4 is 40.9 Å². The van der Waals surface area contributed by atoms with Crippen molar-refractivity contribution in [3.05, 3.63) is 71.2 Å². The summed E-state index contributed by atoms with van der Waals surface area (Å²) in [5, 5.41) is 2.64. The third-order valence-electron chi connectivity index (χ3n) is 3.63. The van der Waals surface area contributed by atoms with Gasteiger partial charge in [-0.3, -0.25) is 19.8 Å². The minimum absolute atomic E-state index is 0.00978. The maximum absolute atomic E-state index is 12.8. The van der Waals surface area contributed by atoms with Gasteiger partial charge in [-0.15, -0.1) is 0 Å². The molecule has 2 heterocycles. The Hall–Kier alpha value is -2.99. The van der Waals surface area contributed by atoms with Gasteiger partial charge in [-0.2, -0.15) is 0 Å². The van der Waals surface area contributed by atoms with E-state index in [0.29, 0.717) is 11.4 Å². The highest BCUT2D eigenvalue weighted by molar-refractivity contribution is 7.80. The van der Waals surface area contributed by atoms with Crippen LogP contribution < -0.4 is 10.2 Å². The predicted molar refractivity (Wildman–Crippen MR) is 100.0 cm³/mol. The van der Waals surface area contributed by atoms with Crippen LogP contribution >= 0.6 is 12.2 Å². The van der Waals surface area contributed by atoms with Crippen LogP contribution in [0.1, 0.15) is 16.9 Å². The van der Waals surface area contributed by atoms with E-state index < -0.39 is 11.8 Å². The molecule has 0 atom stereocenters. The van der Waals surface area contributed by atoms with E-state index in [4.69, 9.17) is 16.6 Å². The first-order chi connectivity index (χ1) is 12.0. The first-order valence-corrected chi connectivity index (χ1v) is 8.06. The summed E-state index contributed by atoms with van der Waals surface area (Å²) in [5.41, 5.74) is 2.65. The second-order valence-electron chi connectivity index (χ2n) is 5.70. The van der Waals surface area contributed by atoms with Gasteiger partial charge in [-0.05, 0) is 73.6 Å². The molecule has 0 unspecified atom stereocenters. The van der Waals surface area contributed by atoms with Gasteiger partial charge in [0.25, 0.3) is 11.8 Å². The Morgan fingerprint density at radius 1 is 1.16 bits per heavy atom. The number of nitrogens with one attached hydrogen (secondary N) is 1. The SMILES string of the molecule is Cc1cc(C)cc(N2C(=O)/C(=C/C=C/c3ccco3)C(=O)NC2=S)c1. The second kappa shape index (κ2) is 6.86. The highest BCUT2D eigenvalue weighted by atomic mass is 32.1. The topological polar surface area (TPSA) is 62.6 Å². The number of rotatable bonds is 3. The fourth-order valence-corrected chi connectivity index (χ4v) is 2.90. The van der Waals surface area contributed by atoms with Gasteiger partial charge in [0, 0.05) is 0 Å². The van der Waals surface area contributed by atoms with E-state index in [1.807, 2.05) is 32.0 Å². The number of carbonyl (C=O) groups is 2. The summed E-state index contributed by atoms with van der Waals surface area (Å²) in [5.74, 6) is -0.343. The average Bonchev–Trinajstić information content (AvgIpc) is 3.02. The summed E-state index contributed by atoms with van der Waals surface area (Å²) in [7, 11) is 0. The largest absolute Gasteiger partial charge is 0.465 e. The Bertz CT molecular complexity index is 891. The average molecular weight is 352 g/mol. The smallest absolute Gasteiger partial charge is 0.270 e. The zero-order chi connectivity index (χ0) is 18.0. The van der Waals surface area contributed by atoms with Crippen molar-refractivity contribution in [2.24, 2.45) is 0 Å². The van der Waals surface area contributed by atoms with E-state index in [0.717, 1.165) is 11.1 Å². The maximum Gasteiger partial charge on any atom is 0.270 e. The molecule has 2 aromatic rings. The molecule has 0 saturated carbocycles. The van der Waals surface area contributed by atoms with Crippen LogP contribution in [0.4, 0.5) is 5.69 Å². The number of hydrogen-bond acceptors (Lipinski definition) is 4. The van der Waals surface area contributed by atoms with Crippen molar-refractivity contribution in [3.63, 3.8) is 0 Å². The highest BCUT2D eigenvalue weighted by Gasteiger charge is 2.34. The number of carbonyl (C=O) groups excluding carboxylic acids is 2. The molecule has 1 aromatic carbocycles. The van der Waals surface area contributed by atoms with Crippen molar-refractivity contribution in [2.75, 3.05) is 4.90 Å². The van der Waals surface area contributed by atoms with E-state index >= 15 is 0 Å². The van der Waals surface area contributed by atoms with Crippen molar-refractivity contribution in [3.8, 4) is 0 Å². The Morgan fingerprint density at radius 2 is 1.88 bits per heavy atom. The Morgan fingerprint density at radius 3 is 2.52 bits per heavy atom. The zero-order valence-electron chi connectivity index (χ0n) is 13.8. The molecular weight excluding hydrogens is 336 g/mol. The van der Waals surface area contributed by atoms with Crippen LogP contribution in [0.25, 0.3) is 6.08 Å². The molecule has 1 aromatic heterocycles. The van der Waals surface area contributed by atoms with Gasteiger partial charge in [-0.1, -0.05) is 12.1 Å². The highest BCUT2D eigenvalue weighted by Crippen LogP contribution is 2.23. The number of anilines is 1. The summed E-state index contributed by atoms with van der Waals surface area (Å²) < 4.78 is 5.18. The normalized spacial score (nSPS) is 16.8. The molecule has 0 spiro atoms. The number of furan rings is 1. The fourth-order valence-electron chi connectivity index (χ4n) is 2.62. The van der Waals surface area contributed by atoms with E-state index in [-0.39, 0.29) is 10.7 Å². The van der Waals surface area contributed by atoms with Crippen molar-refractivity contribution < 1.29 is 14.0 Å². The van der Waals surface area contributed by atoms with Crippen LogP contribution in [-0.4, -0.2) is 16.9 Å². The van der Waals surface area contributed by atoms with Crippen LogP contribution in [0.2, 0.25) is 0 Å². The molecule has 3 rings (SSSR count). The molecule has 0 radical (unpaired) electrons. The molecule has 1 N–H and O–H groups in total. The molecule has 0 aliphatic carbocycles. The molecule has 0 bridgehead atoms. The number of thiocarbonyl (C=S) groups is 1. The lowest BCUT2D eigenvalue weighted by Gasteiger charge is -2.29. The second-order valence-corrected chi connectivity index (χ2v) is 6.09. The zero-order valence-corrected chi connectivity index (χ0v) is 14.6. The van der Waals surface area contributed by atoms with Crippen LogP contribution in [0, 0.1) is 13.8 Å². The molecule has 25 heavy (non-hydrogen) atoms. The van der Waals surface area contributed by atoms with Gasteiger partial charge in [-0.25, -0.2) is 0 Å². The maximum atomic E-state index is 12.8. The monoisotopic (exact) mass is 352 g/mol. The molecule has 2 amide bonds. The predicted octanol–water partition coefficient (Wildman–Crippen LogP) is 3.28. The Labute approximate surface area is 150 Å². The minimum Gasteiger partial charge on any atom is -0.465 e. The van der Waals surface area contributed by atoms with Crippen LogP contribution in [0.3, 0.4) is 0 Å². The van der Waals surface area contributed by atoms with Crippen LogP contribution in [0.15, 0.2) is 58.7 Å². The Balaban J connectivity index is 1.94. The number of nitrogens with zero attached hydrogens (tertiary/aromatic N) is 1. The molecule has 5 nitrogen and oxygen atoms in total. The molecule has 1 fully saturated rings. The first-order valence-electron chi connectivity index (χ1n) is 7.65. The lowest BCUT2D eigenvalue weighted by molar-refractivity contribution is -0.122. The number of benzene rings is 1. The molecular formula is C19H16N2O3S. The lowest BCUT2D eigenvalue weighted by Crippen LogP contribution is -2.54. The summed E-state index contributed by atoms with van der Waals surface area (Å²) >= 11 is 5.19. The number of hydrogen-bond donors (Lipinski definition) is 1. The third-order valence-corrected chi connectivity index (χ3v) is 3.92. The van der Waals surface area contributed by atoms with E-state index in [1.54, 1.807) is 30.5 Å². The molecule has 126 valence electrons. The van der Waals surface area contributed by atoms with Gasteiger partial charge in [0.05, 0.1) is 12.0 Å². The summed E-state index contributed by atoms with van der Waals surface area (Å²) in [6.07, 6.45) is 6.27. The minimum atomic E-state index is -0.514. The fraction of sp³-hybridized carbons (Fsp3) is 0.105. The molecule has 6 heteroatoms. The first kappa shape index (κ1) is 16.9. The van der Waals surface area contributed by atoms with Crippen molar-refractivity contribution in [1.82, 2.24) is 5.32 Å². The Kier molecular flexibility index (Phi) is 4.63. The van der Waals surface area contributed by atoms with E-state index in [1.165, 1.54) is 11.0 Å². The number of amides is 2. The van der Waals surface area contributed by atoms with E-state index in [2.05, 4.69) is 5.32 Å². The number of allylic oxidation sites excluding steroid dienone is 2. The van der Waals surface area contributed by atoms with Gasteiger partial charge in [0.2, 0.25) is 0 Å². The molecule has 1 saturated heterocycles. The quantitative estimate of drug-likeness (QED) is 0.523. The van der Waals surface area contributed by atoms with Gasteiger partial charge in [0.1, 0.15) is 11.3 Å². The summed E-state index contributed by atoms with van der Waals surface area (Å²) in [4.78, 5) is 26.3.